The van der Waals surface area contributed by atoms with Gasteiger partial charge in [0.15, 0.2) is 5.37 Å². The largest absolute Gasteiger partial charge is 0.318 e. The predicted molar refractivity (Wildman–Crippen MR) is 89.2 cm³/mol. The van der Waals surface area contributed by atoms with Gasteiger partial charge in [0, 0.05) is 6.42 Å². The summed E-state index contributed by atoms with van der Waals surface area (Å²) < 4.78 is 0. The third-order valence-corrected chi connectivity index (χ3v) is 6.97. The molecule has 2 aliphatic carbocycles. The maximum atomic E-state index is 2.63. The molecule has 3 aliphatic rings. The van der Waals surface area contributed by atoms with Crippen molar-refractivity contribution in [2.75, 3.05) is 6.54 Å². The molecular weight excluding hydrogens is 262 g/mol. The van der Waals surface area contributed by atoms with Gasteiger partial charge in [-0.2, -0.15) is 0 Å². The molecular formula is C18H30NS+. The summed E-state index contributed by atoms with van der Waals surface area (Å²) in [6.07, 6.45) is 13.5. The van der Waals surface area contributed by atoms with Crippen molar-refractivity contribution < 1.29 is 4.90 Å². The fraction of sp³-hybridized carbons (Fsp3) is 0.778. The summed E-state index contributed by atoms with van der Waals surface area (Å²) in [5.74, 6) is 0.838. The molecule has 20 heavy (non-hydrogen) atoms. The fourth-order valence-corrected chi connectivity index (χ4v) is 6.50. The third kappa shape index (κ3) is 3.01. The number of hydrogen-bond donors (Lipinski definition) is 1. The van der Waals surface area contributed by atoms with Crippen molar-refractivity contribution in [1.82, 2.24) is 0 Å². The number of thioether (sulfide) groups is 1. The second-order valence-corrected chi connectivity index (χ2v) is 8.55. The monoisotopic (exact) mass is 292 g/mol. The summed E-state index contributed by atoms with van der Waals surface area (Å²) in [4.78, 5) is 1.86. The van der Waals surface area contributed by atoms with Gasteiger partial charge < -0.3 is 4.90 Å². The number of allylic oxidation sites excluding steroid dienone is 3. The lowest BCUT2D eigenvalue weighted by molar-refractivity contribution is -0.922. The topological polar surface area (TPSA) is 4.44 Å². The van der Waals surface area contributed by atoms with E-state index in [0.29, 0.717) is 0 Å². The molecule has 0 aromatic carbocycles. The molecule has 0 amide bonds. The van der Waals surface area contributed by atoms with Crippen LogP contribution < -0.4 is 4.90 Å². The van der Waals surface area contributed by atoms with Crippen LogP contribution in [0, 0.1) is 5.92 Å². The molecule has 1 nitrogen and oxygen atoms in total. The van der Waals surface area contributed by atoms with Crippen LogP contribution >= 0.6 is 11.8 Å². The molecule has 5 atom stereocenters. The maximum Gasteiger partial charge on any atom is 0.154 e. The van der Waals surface area contributed by atoms with E-state index in [1.54, 1.807) is 11.1 Å². The first-order chi connectivity index (χ1) is 9.67. The minimum absolute atomic E-state index is 0.720. The van der Waals surface area contributed by atoms with Crippen molar-refractivity contribution in [1.29, 1.82) is 0 Å². The Bertz CT molecular complexity index is 412. The number of hydrogen-bond acceptors (Lipinski definition) is 1. The van der Waals surface area contributed by atoms with Crippen LogP contribution in [-0.4, -0.2) is 23.2 Å². The van der Waals surface area contributed by atoms with Gasteiger partial charge in [0.1, 0.15) is 6.04 Å². The Morgan fingerprint density at radius 1 is 1.30 bits per heavy atom. The van der Waals surface area contributed by atoms with E-state index in [2.05, 4.69) is 44.7 Å². The number of rotatable bonds is 2. The minimum Gasteiger partial charge on any atom is -0.318 e. The first-order valence-electron chi connectivity index (χ1n) is 8.56. The van der Waals surface area contributed by atoms with Gasteiger partial charge in [-0.1, -0.05) is 36.8 Å². The van der Waals surface area contributed by atoms with E-state index in [9.17, 15) is 0 Å². The van der Waals surface area contributed by atoms with Crippen LogP contribution in [0.2, 0.25) is 0 Å². The summed E-state index contributed by atoms with van der Waals surface area (Å²) in [6.45, 7) is 8.37. The van der Waals surface area contributed by atoms with E-state index in [1.807, 2.05) is 4.90 Å². The van der Waals surface area contributed by atoms with Crippen LogP contribution in [-0.2, 0) is 0 Å². The van der Waals surface area contributed by atoms with Crippen LogP contribution in [0.3, 0.4) is 0 Å². The molecule has 3 rings (SSSR count). The highest BCUT2D eigenvalue weighted by Crippen LogP contribution is 2.36. The number of nitrogens with one attached hydrogen (secondary N) is 1. The molecule has 1 N–H and O–H groups in total. The van der Waals surface area contributed by atoms with Gasteiger partial charge >= 0.3 is 0 Å². The average molecular weight is 293 g/mol. The van der Waals surface area contributed by atoms with Crippen molar-refractivity contribution in [2.45, 2.75) is 76.0 Å². The molecule has 0 radical (unpaired) electrons. The molecule has 2 fully saturated rings. The zero-order chi connectivity index (χ0) is 14.1. The van der Waals surface area contributed by atoms with Crippen LogP contribution in [0.15, 0.2) is 23.3 Å². The van der Waals surface area contributed by atoms with E-state index < -0.39 is 0 Å². The molecule has 1 saturated heterocycles. The lowest BCUT2D eigenvalue weighted by Crippen LogP contribution is -3.17. The Labute approximate surface area is 128 Å². The summed E-state index contributed by atoms with van der Waals surface area (Å²) in [5, 5.41) is 1.66. The molecule has 1 saturated carbocycles. The Morgan fingerprint density at radius 2 is 2.10 bits per heavy atom. The Balaban J connectivity index is 1.77. The molecule has 1 heterocycles. The highest BCUT2D eigenvalue weighted by atomic mass is 32.2. The van der Waals surface area contributed by atoms with Crippen molar-refractivity contribution in [2.24, 2.45) is 5.92 Å². The second kappa shape index (κ2) is 6.27. The Morgan fingerprint density at radius 3 is 2.85 bits per heavy atom. The predicted octanol–water partition coefficient (Wildman–Crippen LogP) is 3.58. The molecule has 0 spiro atoms. The standard InChI is InChI=1S/C18H29NS/c1-4-19-16-7-5-6-8-17(16)20-18(19)12-15-10-13(2)9-14(3)11-15/h10,12,14,16-18H,4-9,11H2,1-3H3/p+1/b15-12-. The third-order valence-electron chi connectivity index (χ3n) is 5.33. The van der Waals surface area contributed by atoms with Crippen LogP contribution in [0.1, 0.15) is 59.3 Å². The summed E-state index contributed by atoms with van der Waals surface area (Å²) in [6, 6.07) is 0.937. The van der Waals surface area contributed by atoms with E-state index in [0.717, 1.165) is 22.6 Å². The van der Waals surface area contributed by atoms with Crippen LogP contribution in [0.25, 0.3) is 0 Å². The first-order valence-corrected chi connectivity index (χ1v) is 9.50. The average Bonchev–Trinajstić information content (AvgIpc) is 2.74. The van der Waals surface area contributed by atoms with Gasteiger partial charge in [-0.25, -0.2) is 0 Å². The fourth-order valence-electron chi connectivity index (χ4n) is 4.55. The minimum atomic E-state index is 0.720. The number of fused-ring (bicyclic) bond motifs is 1. The van der Waals surface area contributed by atoms with Gasteiger partial charge in [0.2, 0.25) is 0 Å². The molecule has 112 valence electrons. The van der Waals surface area contributed by atoms with Crippen molar-refractivity contribution in [3.63, 3.8) is 0 Å². The molecule has 5 unspecified atom stereocenters. The summed E-state index contributed by atoms with van der Waals surface area (Å²) >= 11 is 2.28. The molecule has 0 bridgehead atoms. The van der Waals surface area contributed by atoms with Gasteiger partial charge in [-0.15, -0.1) is 0 Å². The quantitative estimate of drug-likeness (QED) is 0.815. The Kier molecular flexibility index (Phi) is 4.62. The van der Waals surface area contributed by atoms with Gasteiger partial charge in [0.05, 0.1) is 11.8 Å². The lowest BCUT2D eigenvalue weighted by atomic mass is 9.87. The summed E-state index contributed by atoms with van der Waals surface area (Å²) in [5.41, 5.74) is 3.19. The zero-order valence-electron chi connectivity index (χ0n) is 13.3. The van der Waals surface area contributed by atoms with Crippen molar-refractivity contribution in [3.8, 4) is 0 Å². The van der Waals surface area contributed by atoms with Gasteiger partial charge in [0.25, 0.3) is 0 Å². The number of quaternary nitrogens is 1. The van der Waals surface area contributed by atoms with Crippen LogP contribution in [0.5, 0.6) is 0 Å². The van der Waals surface area contributed by atoms with Crippen molar-refractivity contribution >= 4 is 11.8 Å². The first kappa shape index (κ1) is 14.7. The van der Waals surface area contributed by atoms with Gasteiger partial charge in [-0.3, -0.25) is 0 Å². The zero-order valence-corrected chi connectivity index (χ0v) is 14.1. The highest BCUT2D eigenvalue weighted by Gasteiger charge is 2.44. The number of likely N-dealkylation sites (N-methyl/N-ethyl adjacent to an activating group) is 1. The SMILES string of the molecule is CC[NH+]1C(/C=C2/C=C(C)CC(C)C2)SC2CCCCC21. The second-order valence-electron chi connectivity index (χ2n) is 7.16. The van der Waals surface area contributed by atoms with Gasteiger partial charge in [-0.05, 0) is 57.1 Å². The van der Waals surface area contributed by atoms with Crippen LogP contribution in [0.4, 0.5) is 0 Å². The maximum absolute atomic E-state index is 2.63. The molecule has 2 heteroatoms. The van der Waals surface area contributed by atoms with E-state index in [1.165, 1.54) is 45.1 Å². The smallest absolute Gasteiger partial charge is 0.154 e. The van der Waals surface area contributed by atoms with E-state index in [-0.39, 0.29) is 0 Å². The molecule has 1 aliphatic heterocycles. The van der Waals surface area contributed by atoms with E-state index >= 15 is 0 Å². The molecule has 0 aromatic rings. The summed E-state index contributed by atoms with van der Waals surface area (Å²) in [7, 11) is 0. The molecule has 0 aromatic heterocycles. The highest BCUT2D eigenvalue weighted by molar-refractivity contribution is 8.00. The van der Waals surface area contributed by atoms with E-state index in [4.69, 9.17) is 0 Å². The Hall–Kier alpha value is -0.210. The lowest BCUT2D eigenvalue weighted by Gasteiger charge is -2.28. The normalized spacial score (nSPS) is 43.5. The van der Waals surface area contributed by atoms with Crippen molar-refractivity contribution in [3.05, 3.63) is 23.3 Å².